The molecule has 1 aliphatic carbocycles. The first kappa shape index (κ1) is 12.2. The van der Waals surface area contributed by atoms with Gasteiger partial charge in [-0.25, -0.2) is 4.79 Å². The molecule has 17 heavy (non-hydrogen) atoms. The second kappa shape index (κ2) is 4.55. The zero-order valence-corrected chi connectivity index (χ0v) is 10.2. The van der Waals surface area contributed by atoms with Crippen LogP contribution in [0.2, 0.25) is 0 Å². The minimum Gasteiger partial charge on any atom is -0.481 e. The third-order valence-electron chi connectivity index (χ3n) is 4.20. The Bertz CT molecular complexity index is 328. The van der Waals surface area contributed by atoms with E-state index in [-0.39, 0.29) is 6.03 Å². The van der Waals surface area contributed by atoms with Gasteiger partial charge >= 0.3 is 12.0 Å². The summed E-state index contributed by atoms with van der Waals surface area (Å²) in [7, 11) is 0. The van der Waals surface area contributed by atoms with Gasteiger partial charge in [-0.2, -0.15) is 0 Å². The molecule has 96 valence electrons. The number of nitrogens with one attached hydrogen (secondary N) is 1. The fourth-order valence-electron chi connectivity index (χ4n) is 2.48. The predicted molar refractivity (Wildman–Crippen MR) is 62.7 cm³/mol. The van der Waals surface area contributed by atoms with Gasteiger partial charge in [-0.1, -0.05) is 6.92 Å². The Kier molecular flexibility index (Phi) is 3.26. The molecule has 1 saturated heterocycles. The highest BCUT2D eigenvalue weighted by Gasteiger charge is 2.45. The summed E-state index contributed by atoms with van der Waals surface area (Å²) in [5, 5.41) is 12.2. The van der Waals surface area contributed by atoms with Crippen LogP contribution in [-0.2, 0) is 4.79 Å². The van der Waals surface area contributed by atoms with Crippen LogP contribution in [0.4, 0.5) is 4.79 Å². The van der Waals surface area contributed by atoms with Gasteiger partial charge in [0, 0.05) is 19.1 Å². The molecule has 0 aromatic heterocycles. The lowest BCUT2D eigenvalue weighted by Gasteiger charge is -2.29. The molecule has 2 aliphatic rings. The van der Waals surface area contributed by atoms with Gasteiger partial charge in [0.05, 0.1) is 5.41 Å². The van der Waals surface area contributed by atoms with Gasteiger partial charge in [-0.05, 0) is 32.1 Å². The van der Waals surface area contributed by atoms with Crippen molar-refractivity contribution >= 4 is 12.0 Å². The Balaban J connectivity index is 1.91. The molecule has 0 aromatic rings. The number of amides is 2. The van der Waals surface area contributed by atoms with Crippen LogP contribution in [-0.4, -0.2) is 41.1 Å². The molecular formula is C12H20N2O3. The first-order valence-electron chi connectivity index (χ1n) is 6.36. The van der Waals surface area contributed by atoms with E-state index in [1.54, 1.807) is 4.90 Å². The summed E-state index contributed by atoms with van der Waals surface area (Å²) in [6.07, 6.45) is 4.43. The van der Waals surface area contributed by atoms with Gasteiger partial charge in [0.2, 0.25) is 0 Å². The fourth-order valence-corrected chi connectivity index (χ4v) is 2.48. The molecule has 2 N–H and O–H groups in total. The molecule has 1 unspecified atom stereocenters. The van der Waals surface area contributed by atoms with Gasteiger partial charge in [0.15, 0.2) is 0 Å². The van der Waals surface area contributed by atoms with E-state index in [9.17, 15) is 14.7 Å². The number of carboxylic acid groups (broad SMARTS) is 1. The molecule has 1 atom stereocenters. The minimum absolute atomic E-state index is 0.0914. The van der Waals surface area contributed by atoms with E-state index in [1.807, 2.05) is 6.92 Å². The smallest absolute Gasteiger partial charge is 0.317 e. The number of nitrogens with zero attached hydrogens (tertiary/aromatic N) is 1. The first-order valence-corrected chi connectivity index (χ1v) is 6.36. The van der Waals surface area contributed by atoms with Crippen molar-refractivity contribution in [2.24, 2.45) is 5.41 Å². The van der Waals surface area contributed by atoms with E-state index in [0.29, 0.717) is 32.0 Å². The molecule has 0 bridgehead atoms. The van der Waals surface area contributed by atoms with E-state index in [1.165, 1.54) is 6.42 Å². The Labute approximate surface area is 101 Å². The lowest BCUT2D eigenvalue weighted by Crippen LogP contribution is -2.47. The topological polar surface area (TPSA) is 69.6 Å². The zero-order valence-electron chi connectivity index (χ0n) is 10.2. The van der Waals surface area contributed by atoms with Crippen LogP contribution in [0.15, 0.2) is 0 Å². The number of aliphatic carboxylic acids is 1. The maximum Gasteiger partial charge on any atom is 0.317 e. The highest BCUT2D eigenvalue weighted by Crippen LogP contribution is 2.34. The van der Waals surface area contributed by atoms with Crippen LogP contribution >= 0.6 is 0 Å². The van der Waals surface area contributed by atoms with Gasteiger partial charge in [-0.15, -0.1) is 0 Å². The summed E-state index contributed by atoms with van der Waals surface area (Å²) in [5.74, 6) is -0.779. The Morgan fingerprint density at radius 1 is 1.47 bits per heavy atom. The molecule has 1 aliphatic heterocycles. The molecule has 5 heteroatoms. The third kappa shape index (κ3) is 2.23. The SMILES string of the molecule is CCC1(C(=O)O)CCN(C(=O)NC2CCC2)C1. The molecule has 2 amide bonds. The molecular weight excluding hydrogens is 220 g/mol. The summed E-state index contributed by atoms with van der Waals surface area (Å²) in [4.78, 5) is 24.8. The number of carbonyl (C=O) groups excluding carboxylic acids is 1. The quantitative estimate of drug-likeness (QED) is 0.784. The lowest BCUT2D eigenvalue weighted by atomic mass is 9.84. The van der Waals surface area contributed by atoms with Crippen LogP contribution in [0.3, 0.4) is 0 Å². The summed E-state index contributed by atoms with van der Waals surface area (Å²) >= 11 is 0. The second-order valence-corrected chi connectivity index (χ2v) is 5.19. The molecule has 0 aromatic carbocycles. The van der Waals surface area contributed by atoms with E-state index < -0.39 is 11.4 Å². The van der Waals surface area contributed by atoms with Gasteiger partial charge in [0.1, 0.15) is 0 Å². The molecule has 0 radical (unpaired) electrons. The molecule has 2 fully saturated rings. The van der Waals surface area contributed by atoms with E-state index in [2.05, 4.69) is 5.32 Å². The van der Waals surface area contributed by atoms with Crippen molar-refractivity contribution in [3.05, 3.63) is 0 Å². The predicted octanol–water partition coefficient (Wildman–Crippen LogP) is 1.44. The van der Waals surface area contributed by atoms with Crippen molar-refractivity contribution in [2.45, 2.75) is 45.1 Å². The highest BCUT2D eigenvalue weighted by molar-refractivity contribution is 5.79. The van der Waals surface area contributed by atoms with Crippen LogP contribution in [0.25, 0.3) is 0 Å². The highest BCUT2D eigenvalue weighted by atomic mass is 16.4. The molecule has 1 heterocycles. The number of likely N-dealkylation sites (tertiary alicyclic amines) is 1. The van der Waals surface area contributed by atoms with Gasteiger partial charge in [-0.3, -0.25) is 4.79 Å². The summed E-state index contributed by atoms with van der Waals surface area (Å²) in [6.45, 7) is 2.78. The molecule has 0 spiro atoms. The van der Waals surface area contributed by atoms with Crippen molar-refractivity contribution in [1.82, 2.24) is 10.2 Å². The maximum atomic E-state index is 11.9. The number of hydrogen-bond acceptors (Lipinski definition) is 2. The minimum atomic E-state index is -0.779. The number of carboxylic acids is 1. The van der Waals surface area contributed by atoms with E-state index in [0.717, 1.165) is 12.8 Å². The Morgan fingerprint density at radius 2 is 2.18 bits per heavy atom. The standard InChI is InChI=1S/C12H20N2O3/c1-2-12(10(15)16)6-7-14(8-12)11(17)13-9-4-3-5-9/h9H,2-8H2,1H3,(H,13,17)(H,15,16). The average molecular weight is 240 g/mol. The van der Waals surface area contributed by atoms with Crippen molar-refractivity contribution in [3.63, 3.8) is 0 Å². The van der Waals surface area contributed by atoms with Crippen LogP contribution in [0.1, 0.15) is 39.0 Å². The average Bonchev–Trinajstić information content (AvgIpc) is 2.68. The van der Waals surface area contributed by atoms with Crippen molar-refractivity contribution in [3.8, 4) is 0 Å². The molecule has 1 saturated carbocycles. The van der Waals surface area contributed by atoms with Gasteiger partial charge in [0.25, 0.3) is 0 Å². The first-order chi connectivity index (χ1) is 8.07. The number of rotatable bonds is 3. The van der Waals surface area contributed by atoms with E-state index >= 15 is 0 Å². The molecule has 5 nitrogen and oxygen atoms in total. The van der Waals surface area contributed by atoms with E-state index in [4.69, 9.17) is 0 Å². The summed E-state index contributed by atoms with van der Waals surface area (Å²) in [6, 6.07) is 0.218. The normalized spacial score (nSPS) is 28.9. The van der Waals surface area contributed by atoms with Crippen LogP contribution in [0, 0.1) is 5.41 Å². The number of carbonyl (C=O) groups is 2. The largest absolute Gasteiger partial charge is 0.481 e. The molecule has 2 rings (SSSR count). The zero-order chi connectivity index (χ0) is 12.5. The third-order valence-corrected chi connectivity index (χ3v) is 4.20. The van der Waals surface area contributed by atoms with Crippen molar-refractivity contribution < 1.29 is 14.7 Å². The Hall–Kier alpha value is -1.26. The van der Waals surface area contributed by atoms with Crippen molar-refractivity contribution in [2.75, 3.05) is 13.1 Å². The number of hydrogen-bond donors (Lipinski definition) is 2. The monoisotopic (exact) mass is 240 g/mol. The summed E-state index contributed by atoms with van der Waals surface area (Å²) in [5.41, 5.74) is -0.725. The van der Waals surface area contributed by atoms with Gasteiger partial charge < -0.3 is 15.3 Å². The lowest BCUT2D eigenvalue weighted by molar-refractivity contribution is -0.148. The van der Waals surface area contributed by atoms with Crippen LogP contribution in [0.5, 0.6) is 0 Å². The maximum absolute atomic E-state index is 11.9. The Morgan fingerprint density at radius 3 is 2.59 bits per heavy atom. The number of urea groups is 1. The summed E-state index contributed by atoms with van der Waals surface area (Å²) < 4.78 is 0. The second-order valence-electron chi connectivity index (χ2n) is 5.19. The van der Waals surface area contributed by atoms with Crippen LogP contribution < -0.4 is 5.32 Å². The fraction of sp³-hybridized carbons (Fsp3) is 0.833. The van der Waals surface area contributed by atoms with Crippen molar-refractivity contribution in [1.29, 1.82) is 0 Å².